The Morgan fingerprint density at radius 1 is 0.953 bits per heavy atom. The summed E-state index contributed by atoms with van der Waals surface area (Å²) in [6.45, 7) is 0. The van der Waals surface area contributed by atoms with Crippen molar-refractivity contribution in [3.8, 4) is 0 Å². The zero-order valence-electron chi connectivity index (χ0n) is 23.6. The van der Waals surface area contributed by atoms with Crippen LogP contribution >= 0.6 is 0 Å². The number of alkyl halides is 4. The van der Waals surface area contributed by atoms with Crippen LogP contribution in [0.1, 0.15) is 116 Å². The number of halogens is 4. The Morgan fingerprint density at radius 2 is 1.74 bits per heavy atom. The van der Waals surface area contributed by atoms with Gasteiger partial charge < -0.3 is 15.6 Å². The molecule has 3 N–H and O–H groups in total. The minimum absolute atomic E-state index is 0.0714. The number of rotatable bonds is 10. The fraction of sp³-hybridized carbons (Fsp3) is 0.633. The molecular weight excluding hydrogens is 568 g/mol. The second kappa shape index (κ2) is 10.6. The Hall–Kier alpha value is -3.51. The van der Waals surface area contributed by atoms with Gasteiger partial charge in [-0.1, -0.05) is 11.2 Å². The van der Waals surface area contributed by atoms with E-state index in [0.717, 1.165) is 31.2 Å². The number of carbonyl (C=O) groups is 2. The Labute approximate surface area is 244 Å². The summed E-state index contributed by atoms with van der Waals surface area (Å²) < 4.78 is 60.4. The molecule has 2 heterocycles. The van der Waals surface area contributed by atoms with Gasteiger partial charge in [0.15, 0.2) is 5.69 Å². The molecule has 9 nitrogen and oxygen atoms in total. The molecule has 4 saturated carbocycles. The van der Waals surface area contributed by atoms with Crippen molar-refractivity contribution in [3.63, 3.8) is 0 Å². The van der Waals surface area contributed by atoms with Gasteiger partial charge in [0.05, 0.1) is 23.1 Å². The Morgan fingerprint density at radius 3 is 2.44 bits per heavy atom. The van der Waals surface area contributed by atoms with Gasteiger partial charge in [0, 0.05) is 38.0 Å². The highest BCUT2D eigenvalue weighted by atomic mass is 19.3. The first-order valence-electron chi connectivity index (χ1n) is 15.2. The number of hydrogen-bond acceptors (Lipinski definition) is 6. The van der Waals surface area contributed by atoms with E-state index in [1.165, 1.54) is 0 Å². The summed E-state index contributed by atoms with van der Waals surface area (Å²) in [6.07, 6.45) is 3.49. The van der Waals surface area contributed by atoms with Gasteiger partial charge in [-0.05, 0) is 79.1 Å². The molecule has 4 fully saturated rings. The predicted octanol–water partition coefficient (Wildman–Crippen LogP) is 6.12. The number of imidazole rings is 1. The van der Waals surface area contributed by atoms with Crippen LogP contribution in [-0.2, 0) is 4.79 Å². The van der Waals surface area contributed by atoms with Crippen LogP contribution < -0.4 is 10.6 Å². The van der Waals surface area contributed by atoms with Gasteiger partial charge in [-0.15, -0.1) is 0 Å². The van der Waals surface area contributed by atoms with Crippen LogP contribution in [0.2, 0.25) is 0 Å². The molecule has 0 aliphatic heterocycles. The van der Waals surface area contributed by atoms with Crippen LogP contribution in [0.5, 0.6) is 0 Å². The molecule has 4 aliphatic carbocycles. The van der Waals surface area contributed by atoms with E-state index < -0.39 is 29.7 Å². The summed E-state index contributed by atoms with van der Waals surface area (Å²) in [5.41, 5.74) is 2.65. The highest BCUT2D eigenvalue weighted by Crippen LogP contribution is 2.46. The van der Waals surface area contributed by atoms with Crippen molar-refractivity contribution < 1.29 is 31.8 Å². The molecule has 230 valence electrons. The Bertz CT molecular complexity index is 1520. The van der Waals surface area contributed by atoms with Crippen LogP contribution in [-0.4, -0.2) is 43.9 Å². The first kappa shape index (κ1) is 28.3. The van der Waals surface area contributed by atoms with E-state index >= 15 is 0 Å². The van der Waals surface area contributed by atoms with Crippen molar-refractivity contribution in [3.05, 3.63) is 41.0 Å². The third-order valence-corrected chi connectivity index (χ3v) is 9.37. The highest BCUT2D eigenvalue weighted by Gasteiger charge is 2.46. The van der Waals surface area contributed by atoms with Crippen molar-refractivity contribution in [1.82, 2.24) is 30.9 Å². The van der Waals surface area contributed by atoms with E-state index in [9.17, 15) is 27.2 Å². The average Bonchev–Trinajstić information content (AvgIpc) is 3.86. The number of H-pyrrole nitrogens is 1. The number of carbonyl (C=O) groups excluding carboxylic acids is 2. The lowest BCUT2D eigenvalue weighted by Gasteiger charge is -2.34. The molecule has 43 heavy (non-hydrogen) atoms. The van der Waals surface area contributed by atoms with Crippen molar-refractivity contribution in [2.24, 2.45) is 17.8 Å². The van der Waals surface area contributed by atoms with Crippen LogP contribution in [0.15, 0.2) is 22.8 Å². The fourth-order valence-electron chi connectivity index (χ4n) is 6.81. The van der Waals surface area contributed by atoms with Crippen molar-refractivity contribution >= 4 is 22.8 Å². The van der Waals surface area contributed by atoms with Gasteiger partial charge in [-0.25, -0.2) is 27.2 Å². The lowest BCUT2D eigenvalue weighted by molar-refractivity contribution is -0.134. The van der Waals surface area contributed by atoms with Crippen molar-refractivity contribution in [2.45, 2.75) is 100 Å². The Balaban J connectivity index is 1.13. The first-order chi connectivity index (χ1) is 20.5. The Kier molecular flexibility index (Phi) is 6.96. The van der Waals surface area contributed by atoms with E-state index in [0.29, 0.717) is 35.4 Å². The minimum atomic E-state index is -2.84. The van der Waals surface area contributed by atoms with Crippen LogP contribution in [0.4, 0.5) is 17.6 Å². The van der Waals surface area contributed by atoms with Gasteiger partial charge in [0.1, 0.15) is 11.5 Å². The summed E-state index contributed by atoms with van der Waals surface area (Å²) in [7, 11) is 0. The molecule has 0 spiro atoms. The summed E-state index contributed by atoms with van der Waals surface area (Å²) in [6, 6.07) is 4.47. The quantitative estimate of drug-likeness (QED) is 0.240. The summed E-state index contributed by atoms with van der Waals surface area (Å²) in [5.74, 6) is -6.42. The summed E-state index contributed by atoms with van der Waals surface area (Å²) in [5, 5.41) is 13.7. The number of hydrogen-bond donors (Lipinski definition) is 3. The maximum Gasteiger partial charge on any atom is 0.276 e. The molecular formula is C30H34F4N6O3. The van der Waals surface area contributed by atoms with Gasteiger partial charge in [-0.2, -0.15) is 0 Å². The minimum Gasteiger partial charge on any atom is -0.349 e. The second-order valence-corrected chi connectivity index (χ2v) is 13.1. The standard InChI is InChI=1S/C30H34F4N6O3/c31-29(32)9-1-2-19(14-29)25(38-28(42)26-24(17-5-6-17)39-43-40-26)27-35-20-8-7-18(11-21(20)36-27)23(16-3-4-16)37-22(41)10-15-12-30(33,34)13-15/h7-8,11,15-17,19,23,25H,1-6,9-10,12-14H2,(H,35,36)(H,37,41)(H,38,42)/t19-,23-,25+/m1/s1. The van der Waals surface area contributed by atoms with Crippen LogP contribution in [0.3, 0.4) is 0 Å². The normalized spacial score (nSPS) is 24.7. The summed E-state index contributed by atoms with van der Waals surface area (Å²) in [4.78, 5) is 34.0. The maximum absolute atomic E-state index is 14.5. The van der Waals surface area contributed by atoms with E-state index in [-0.39, 0.29) is 67.5 Å². The van der Waals surface area contributed by atoms with E-state index in [2.05, 4.69) is 25.9 Å². The largest absolute Gasteiger partial charge is 0.349 e. The average molecular weight is 603 g/mol. The van der Waals surface area contributed by atoms with E-state index in [1.54, 1.807) is 6.07 Å². The molecule has 3 atom stereocenters. The molecule has 2 amide bonds. The maximum atomic E-state index is 14.5. The van der Waals surface area contributed by atoms with Gasteiger partial charge >= 0.3 is 0 Å². The number of benzene rings is 1. The molecule has 0 saturated heterocycles. The molecule has 0 unspecified atom stereocenters. The fourth-order valence-corrected chi connectivity index (χ4v) is 6.81. The number of aromatic amines is 1. The van der Waals surface area contributed by atoms with Crippen molar-refractivity contribution in [1.29, 1.82) is 0 Å². The zero-order valence-corrected chi connectivity index (χ0v) is 23.6. The molecule has 0 radical (unpaired) electrons. The van der Waals surface area contributed by atoms with Gasteiger partial charge in [-0.3, -0.25) is 9.59 Å². The number of amides is 2. The first-order valence-corrected chi connectivity index (χ1v) is 15.2. The molecule has 1 aromatic carbocycles. The van der Waals surface area contributed by atoms with Crippen LogP contribution in [0.25, 0.3) is 11.0 Å². The van der Waals surface area contributed by atoms with Gasteiger partial charge in [0.25, 0.3) is 5.91 Å². The number of aromatic nitrogens is 4. The lowest BCUT2D eigenvalue weighted by Crippen LogP contribution is -2.39. The summed E-state index contributed by atoms with van der Waals surface area (Å²) >= 11 is 0. The molecule has 3 aromatic rings. The SMILES string of the molecule is O=C(CC1CC(F)(F)C1)N[C@@H](c1ccc2nc([C@@H](NC(=O)c3nonc3C3CC3)[C@@H]3CCCC(F)(F)C3)[nH]c2c1)C1CC1. The van der Waals surface area contributed by atoms with Crippen LogP contribution in [0, 0.1) is 17.8 Å². The number of nitrogens with one attached hydrogen (secondary N) is 3. The number of nitrogens with zero attached hydrogens (tertiary/aromatic N) is 3. The lowest BCUT2D eigenvalue weighted by atomic mass is 9.79. The van der Waals surface area contributed by atoms with Crippen molar-refractivity contribution in [2.75, 3.05) is 0 Å². The highest BCUT2D eigenvalue weighted by molar-refractivity contribution is 5.93. The third-order valence-electron chi connectivity index (χ3n) is 9.37. The molecule has 2 aromatic heterocycles. The molecule has 7 rings (SSSR count). The van der Waals surface area contributed by atoms with E-state index in [1.807, 2.05) is 12.1 Å². The molecule has 13 heteroatoms. The van der Waals surface area contributed by atoms with E-state index in [4.69, 9.17) is 9.61 Å². The zero-order chi connectivity index (χ0) is 29.9. The van der Waals surface area contributed by atoms with Gasteiger partial charge in [0.2, 0.25) is 17.8 Å². The smallest absolute Gasteiger partial charge is 0.276 e. The molecule has 0 bridgehead atoms. The molecule has 4 aliphatic rings. The third kappa shape index (κ3) is 6.12. The number of fused-ring (bicyclic) bond motifs is 1. The topological polar surface area (TPSA) is 126 Å². The monoisotopic (exact) mass is 602 g/mol. The predicted molar refractivity (Wildman–Crippen MR) is 145 cm³/mol. The second-order valence-electron chi connectivity index (χ2n) is 13.1.